The fraction of sp³-hybridized carbons (Fsp3) is 0.333. The van der Waals surface area contributed by atoms with Gasteiger partial charge in [0, 0.05) is 0 Å². The molecule has 0 aromatic heterocycles. The summed E-state index contributed by atoms with van der Waals surface area (Å²) in [5.41, 5.74) is 1.14. The van der Waals surface area contributed by atoms with E-state index in [9.17, 15) is 0 Å². The van der Waals surface area contributed by atoms with Gasteiger partial charge in [0.25, 0.3) is 0 Å². The second-order valence-electron chi connectivity index (χ2n) is 1.73. The van der Waals surface area contributed by atoms with Crippen molar-refractivity contribution in [3.63, 3.8) is 0 Å². The Hall–Kier alpha value is 1.38. The van der Waals surface area contributed by atoms with Crippen LogP contribution in [0.5, 0.6) is 0 Å². The van der Waals surface area contributed by atoms with Crippen LogP contribution >= 0.6 is 12.6 Å². The van der Waals surface area contributed by atoms with Crippen LogP contribution in [0, 0.1) is 13.0 Å². The van der Waals surface area contributed by atoms with Crippen molar-refractivity contribution >= 4 is 12.6 Å². The number of aryl methyl sites for hydroxylation is 1. The van der Waals surface area contributed by atoms with E-state index in [0.29, 0.717) is 0 Å². The molecule has 1 aromatic carbocycles. The van der Waals surface area contributed by atoms with Gasteiger partial charge in [0.2, 0.25) is 0 Å². The molecule has 0 nitrogen and oxygen atoms in total. The zero-order valence-corrected chi connectivity index (χ0v) is 13.5. The zero-order valence-electron chi connectivity index (χ0n) is 7.68. The topological polar surface area (TPSA) is 0 Å². The summed E-state index contributed by atoms with van der Waals surface area (Å²) in [4.78, 5) is 1.00. The molecule has 0 aliphatic rings. The smallest absolute Gasteiger partial charge is 0.181 e. The molecule has 0 bridgehead atoms. The summed E-state index contributed by atoms with van der Waals surface area (Å²) in [5, 5.41) is 0. The summed E-state index contributed by atoms with van der Waals surface area (Å²) in [6.07, 6.45) is 0. The van der Waals surface area contributed by atoms with E-state index in [0.717, 1.165) is 10.5 Å². The molecule has 1 aromatic rings. The molecule has 0 saturated heterocycles. The maximum Gasteiger partial charge on any atom is 1.00 e. The van der Waals surface area contributed by atoms with Crippen molar-refractivity contribution in [1.29, 1.82) is 0 Å². The first-order valence-corrected chi connectivity index (χ1v) is 3.91. The van der Waals surface area contributed by atoms with Crippen molar-refractivity contribution in [3.05, 3.63) is 29.8 Å². The van der Waals surface area contributed by atoms with Crippen molar-refractivity contribution in [2.45, 2.75) is 25.7 Å². The van der Waals surface area contributed by atoms with Crippen molar-refractivity contribution in [3.8, 4) is 0 Å². The van der Waals surface area contributed by atoms with Gasteiger partial charge in [0.05, 0.1) is 0 Å². The Kier molecular flexibility index (Phi) is 12.8. The summed E-state index contributed by atoms with van der Waals surface area (Å²) in [5.74, 6) is 0. The molecule has 2 heteroatoms. The number of hydrogen-bond acceptors (Lipinski definition) is 1. The standard InChI is InChI=1S/C7H7S.C2H6.Rb/c1-6-3-2-4-7(8)5-6;1-2;/h2,4-5,8H,1H3;1-2H3;/q-1;;+1. The van der Waals surface area contributed by atoms with Gasteiger partial charge in [-0.1, -0.05) is 20.8 Å². The molecule has 1 rings (SSSR count). The van der Waals surface area contributed by atoms with E-state index in [1.807, 2.05) is 39.0 Å². The van der Waals surface area contributed by atoms with Crippen LogP contribution in [0.25, 0.3) is 0 Å². The molecule has 0 unspecified atom stereocenters. The average Bonchev–Trinajstić information content (AvgIpc) is 1.91. The Labute approximate surface area is 124 Å². The number of thiol groups is 1. The predicted octanol–water partition coefficient (Wildman–Crippen LogP) is 0.114. The molecule has 56 valence electrons. The van der Waals surface area contributed by atoms with Gasteiger partial charge >= 0.3 is 58.2 Å². The molecule has 0 aliphatic heterocycles. The molecule has 0 amide bonds. The van der Waals surface area contributed by atoms with Crippen molar-refractivity contribution in [1.82, 2.24) is 0 Å². The second-order valence-corrected chi connectivity index (χ2v) is 2.25. The van der Waals surface area contributed by atoms with Crippen molar-refractivity contribution < 1.29 is 58.2 Å². The number of benzene rings is 1. The van der Waals surface area contributed by atoms with Gasteiger partial charge in [-0.25, -0.2) is 0 Å². The van der Waals surface area contributed by atoms with E-state index in [-0.39, 0.29) is 58.2 Å². The van der Waals surface area contributed by atoms with E-state index >= 15 is 0 Å². The molecule has 11 heavy (non-hydrogen) atoms. The predicted molar refractivity (Wildman–Crippen MR) is 48.6 cm³/mol. The van der Waals surface area contributed by atoms with E-state index < -0.39 is 0 Å². The third-order valence-corrected chi connectivity index (χ3v) is 1.21. The second kappa shape index (κ2) is 9.46. The first-order chi connectivity index (χ1) is 4.79. The maximum atomic E-state index is 4.13. The molecular weight excluding hydrogens is 226 g/mol. The van der Waals surface area contributed by atoms with Gasteiger partial charge in [-0.15, -0.1) is 4.90 Å². The average molecular weight is 239 g/mol. The first kappa shape index (κ1) is 14.9. The molecule has 0 spiro atoms. The van der Waals surface area contributed by atoms with Crippen molar-refractivity contribution in [2.75, 3.05) is 0 Å². The van der Waals surface area contributed by atoms with Crippen LogP contribution in [0.4, 0.5) is 0 Å². The minimum atomic E-state index is 0. The zero-order chi connectivity index (χ0) is 7.98. The third kappa shape index (κ3) is 7.73. The third-order valence-electron chi connectivity index (χ3n) is 0.929. The van der Waals surface area contributed by atoms with E-state index in [2.05, 4.69) is 18.7 Å². The van der Waals surface area contributed by atoms with Crippen LogP contribution in [0.2, 0.25) is 0 Å². The Morgan fingerprint density at radius 1 is 1.36 bits per heavy atom. The minimum Gasteiger partial charge on any atom is -0.181 e. The normalized spacial score (nSPS) is 7.27. The number of hydrogen-bond donors (Lipinski definition) is 1. The van der Waals surface area contributed by atoms with E-state index in [1.54, 1.807) is 0 Å². The summed E-state index contributed by atoms with van der Waals surface area (Å²) >= 11 is 4.13. The van der Waals surface area contributed by atoms with E-state index in [1.165, 1.54) is 0 Å². The summed E-state index contributed by atoms with van der Waals surface area (Å²) in [6, 6.07) is 8.78. The maximum absolute atomic E-state index is 4.13. The summed E-state index contributed by atoms with van der Waals surface area (Å²) < 4.78 is 0. The largest absolute Gasteiger partial charge is 1.00 e. The van der Waals surface area contributed by atoms with Gasteiger partial charge in [-0.3, -0.25) is 0 Å². The molecule has 0 heterocycles. The molecule has 0 radical (unpaired) electrons. The quantitative estimate of drug-likeness (QED) is 0.482. The monoisotopic (exact) mass is 238 g/mol. The minimum absolute atomic E-state index is 0. The van der Waals surface area contributed by atoms with Gasteiger partial charge in [0.1, 0.15) is 0 Å². The molecule has 0 atom stereocenters. The Morgan fingerprint density at radius 2 is 1.91 bits per heavy atom. The Balaban J connectivity index is 0. The molecular formula is C9H13RbS. The van der Waals surface area contributed by atoms with Gasteiger partial charge in [0.15, 0.2) is 0 Å². The first-order valence-electron chi connectivity index (χ1n) is 3.46. The summed E-state index contributed by atoms with van der Waals surface area (Å²) in [7, 11) is 0. The molecule has 0 fully saturated rings. The molecule has 0 aliphatic carbocycles. The van der Waals surface area contributed by atoms with Crippen LogP contribution in [-0.2, 0) is 0 Å². The fourth-order valence-electron chi connectivity index (χ4n) is 0.570. The van der Waals surface area contributed by atoms with Crippen LogP contribution in [0.3, 0.4) is 0 Å². The van der Waals surface area contributed by atoms with E-state index in [4.69, 9.17) is 0 Å². The van der Waals surface area contributed by atoms with Crippen molar-refractivity contribution in [2.24, 2.45) is 0 Å². The number of rotatable bonds is 0. The van der Waals surface area contributed by atoms with Gasteiger partial charge in [-0.05, 0) is 0 Å². The van der Waals surface area contributed by atoms with Crippen LogP contribution < -0.4 is 58.2 Å². The van der Waals surface area contributed by atoms with Crippen LogP contribution in [0.1, 0.15) is 19.4 Å². The fourth-order valence-corrected chi connectivity index (χ4v) is 0.838. The Morgan fingerprint density at radius 3 is 2.18 bits per heavy atom. The summed E-state index contributed by atoms with van der Waals surface area (Å²) in [6.45, 7) is 6.00. The SMILES string of the molecule is CC.Cc1[c-]ccc(S)c1.[Rb+]. The Bertz CT molecular complexity index is 169. The van der Waals surface area contributed by atoms with Crippen LogP contribution in [-0.4, -0.2) is 0 Å². The molecule has 0 saturated carbocycles. The van der Waals surface area contributed by atoms with Crippen LogP contribution in [0.15, 0.2) is 23.1 Å². The van der Waals surface area contributed by atoms with Gasteiger partial charge in [-0.2, -0.15) is 42.5 Å². The molecule has 0 N–H and O–H groups in total. The van der Waals surface area contributed by atoms with Gasteiger partial charge < -0.3 is 0 Å².